The van der Waals surface area contributed by atoms with E-state index in [0.29, 0.717) is 17.7 Å². The van der Waals surface area contributed by atoms with Gasteiger partial charge in [0.2, 0.25) is 5.91 Å². The maximum Gasteiger partial charge on any atom is 0.223 e. The van der Waals surface area contributed by atoms with Crippen molar-refractivity contribution in [1.82, 2.24) is 5.32 Å². The predicted octanol–water partition coefficient (Wildman–Crippen LogP) is 2.30. The first-order valence-electron chi connectivity index (χ1n) is 7.49. The number of carbonyl (C=O) groups is 1. The van der Waals surface area contributed by atoms with Crippen molar-refractivity contribution in [2.75, 3.05) is 13.1 Å². The fourth-order valence-corrected chi connectivity index (χ4v) is 3.69. The first-order valence-corrected chi connectivity index (χ1v) is 7.49. The molecule has 0 saturated heterocycles. The third kappa shape index (κ3) is 3.25. The van der Waals surface area contributed by atoms with Gasteiger partial charge < -0.3 is 11.1 Å². The van der Waals surface area contributed by atoms with Crippen molar-refractivity contribution in [3.8, 4) is 0 Å². The summed E-state index contributed by atoms with van der Waals surface area (Å²) in [6, 6.07) is 0. The molecule has 0 aromatic carbocycles. The molecule has 2 saturated carbocycles. The molecule has 2 bridgehead atoms. The lowest BCUT2D eigenvalue weighted by atomic mass is 9.86. The monoisotopic (exact) mass is 252 g/mol. The van der Waals surface area contributed by atoms with Crippen LogP contribution < -0.4 is 11.1 Å². The van der Waals surface area contributed by atoms with E-state index in [0.717, 1.165) is 38.3 Å². The summed E-state index contributed by atoms with van der Waals surface area (Å²) in [7, 11) is 0. The third-order valence-electron chi connectivity index (χ3n) is 4.87. The lowest BCUT2D eigenvalue weighted by molar-refractivity contribution is -0.127. The van der Waals surface area contributed by atoms with Crippen LogP contribution in [0, 0.1) is 23.2 Å². The Labute approximate surface area is 111 Å². The van der Waals surface area contributed by atoms with Crippen molar-refractivity contribution in [3.05, 3.63) is 0 Å². The van der Waals surface area contributed by atoms with Crippen molar-refractivity contribution in [2.24, 2.45) is 28.9 Å². The Morgan fingerprint density at radius 3 is 2.67 bits per heavy atom. The van der Waals surface area contributed by atoms with Gasteiger partial charge in [-0.15, -0.1) is 0 Å². The van der Waals surface area contributed by atoms with Gasteiger partial charge in [-0.05, 0) is 55.9 Å². The van der Waals surface area contributed by atoms with Crippen molar-refractivity contribution in [3.63, 3.8) is 0 Å². The summed E-state index contributed by atoms with van der Waals surface area (Å²) < 4.78 is 0. The van der Waals surface area contributed by atoms with Crippen LogP contribution in [0.1, 0.15) is 52.4 Å². The highest BCUT2D eigenvalue weighted by Gasteiger charge is 2.43. The SMILES string of the molecule is CC(C)(CCCN)CNC(=O)C1CC2CCC1C2. The van der Waals surface area contributed by atoms with Crippen LogP contribution in [0.25, 0.3) is 0 Å². The number of rotatable bonds is 6. The van der Waals surface area contributed by atoms with E-state index in [2.05, 4.69) is 19.2 Å². The first kappa shape index (κ1) is 13.9. The second-order valence-corrected chi connectivity index (χ2v) is 7.06. The van der Waals surface area contributed by atoms with Crippen molar-refractivity contribution in [2.45, 2.75) is 52.4 Å². The van der Waals surface area contributed by atoms with E-state index >= 15 is 0 Å². The van der Waals surface area contributed by atoms with E-state index in [1.807, 2.05) is 0 Å². The second kappa shape index (κ2) is 5.60. The molecule has 2 aliphatic carbocycles. The zero-order valence-corrected chi connectivity index (χ0v) is 11.9. The summed E-state index contributed by atoms with van der Waals surface area (Å²) in [6.07, 6.45) is 7.20. The average Bonchev–Trinajstić information content (AvgIpc) is 2.96. The van der Waals surface area contributed by atoms with E-state index in [9.17, 15) is 4.79 Å². The van der Waals surface area contributed by atoms with Crippen LogP contribution in [0.2, 0.25) is 0 Å². The fraction of sp³-hybridized carbons (Fsp3) is 0.933. The molecule has 3 unspecified atom stereocenters. The molecule has 0 aromatic rings. The minimum absolute atomic E-state index is 0.173. The molecule has 0 heterocycles. The van der Waals surface area contributed by atoms with Gasteiger partial charge in [-0.25, -0.2) is 0 Å². The molecular weight excluding hydrogens is 224 g/mol. The molecule has 0 aromatic heterocycles. The molecule has 0 spiro atoms. The van der Waals surface area contributed by atoms with Crippen LogP contribution in [0.4, 0.5) is 0 Å². The Kier molecular flexibility index (Phi) is 4.31. The van der Waals surface area contributed by atoms with Gasteiger partial charge in [0.1, 0.15) is 0 Å². The number of hydrogen-bond acceptors (Lipinski definition) is 2. The number of fused-ring (bicyclic) bond motifs is 2. The van der Waals surface area contributed by atoms with Gasteiger partial charge >= 0.3 is 0 Å². The van der Waals surface area contributed by atoms with Crippen LogP contribution in [0.3, 0.4) is 0 Å². The quantitative estimate of drug-likeness (QED) is 0.762. The predicted molar refractivity (Wildman–Crippen MR) is 74.0 cm³/mol. The second-order valence-electron chi connectivity index (χ2n) is 7.06. The molecule has 0 aliphatic heterocycles. The maximum atomic E-state index is 12.2. The van der Waals surface area contributed by atoms with Gasteiger partial charge in [-0.2, -0.15) is 0 Å². The van der Waals surface area contributed by atoms with Gasteiger partial charge in [0, 0.05) is 12.5 Å². The summed E-state index contributed by atoms with van der Waals surface area (Å²) in [5, 5.41) is 3.18. The highest BCUT2D eigenvalue weighted by atomic mass is 16.1. The molecular formula is C15H28N2O. The minimum Gasteiger partial charge on any atom is -0.355 e. The van der Waals surface area contributed by atoms with E-state index in [4.69, 9.17) is 5.73 Å². The van der Waals surface area contributed by atoms with Crippen LogP contribution in [-0.2, 0) is 4.79 Å². The van der Waals surface area contributed by atoms with Gasteiger partial charge in [0.15, 0.2) is 0 Å². The molecule has 3 heteroatoms. The Balaban J connectivity index is 1.74. The summed E-state index contributed by atoms with van der Waals surface area (Å²) in [5.41, 5.74) is 5.72. The zero-order chi connectivity index (χ0) is 13.2. The Hall–Kier alpha value is -0.570. The van der Waals surface area contributed by atoms with E-state index < -0.39 is 0 Å². The lowest BCUT2D eigenvalue weighted by Gasteiger charge is -2.27. The van der Waals surface area contributed by atoms with E-state index in [-0.39, 0.29) is 5.41 Å². The number of nitrogens with two attached hydrogens (primary N) is 1. The molecule has 3 atom stereocenters. The topological polar surface area (TPSA) is 55.1 Å². The van der Waals surface area contributed by atoms with Gasteiger partial charge in [-0.1, -0.05) is 20.3 Å². The first-order chi connectivity index (χ1) is 8.52. The molecule has 2 rings (SSSR count). The molecule has 18 heavy (non-hydrogen) atoms. The third-order valence-corrected chi connectivity index (χ3v) is 4.87. The molecule has 0 radical (unpaired) electrons. The summed E-state index contributed by atoms with van der Waals surface area (Å²) >= 11 is 0. The highest BCUT2D eigenvalue weighted by molar-refractivity contribution is 5.79. The highest BCUT2D eigenvalue weighted by Crippen LogP contribution is 2.48. The van der Waals surface area contributed by atoms with Gasteiger partial charge in [-0.3, -0.25) is 4.79 Å². The smallest absolute Gasteiger partial charge is 0.223 e. The van der Waals surface area contributed by atoms with E-state index in [1.165, 1.54) is 19.3 Å². The van der Waals surface area contributed by atoms with Crippen LogP contribution >= 0.6 is 0 Å². The molecule has 1 amide bonds. The van der Waals surface area contributed by atoms with Gasteiger partial charge in [0.05, 0.1) is 0 Å². The molecule has 2 aliphatic rings. The molecule has 2 fully saturated rings. The summed E-state index contributed by atoms with van der Waals surface area (Å²) in [4.78, 5) is 12.2. The van der Waals surface area contributed by atoms with Crippen LogP contribution in [0.15, 0.2) is 0 Å². The largest absolute Gasteiger partial charge is 0.355 e. The molecule has 3 nitrogen and oxygen atoms in total. The number of carbonyl (C=O) groups excluding carboxylic acids is 1. The lowest BCUT2D eigenvalue weighted by Crippen LogP contribution is -2.39. The van der Waals surface area contributed by atoms with Crippen molar-refractivity contribution >= 4 is 5.91 Å². The standard InChI is InChI=1S/C15H28N2O/c1-15(2,6-3-7-16)10-17-14(18)13-9-11-4-5-12(13)8-11/h11-13H,3-10,16H2,1-2H3,(H,17,18). The van der Waals surface area contributed by atoms with Crippen molar-refractivity contribution < 1.29 is 4.79 Å². The summed E-state index contributed by atoms with van der Waals surface area (Å²) in [6.45, 7) is 5.96. The Bertz CT molecular complexity index is 301. The maximum absolute atomic E-state index is 12.2. The number of nitrogens with one attached hydrogen (secondary N) is 1. The zero-order valence-electron chi connectivity index (χ0n) is 11.9. The summed E-state index contributed by atoms with van der Waals surface area (Å²) in [5.74, 6) is 2.15. The van der Waals surface area contributed by atoms with Crippen LogP contribution in [-0.4, -0.2) is 19.0 Å². The van der Waals surface area contributed by atoms with E-state index in [1.54, 1.807) is 0 Å². The molecule has 104 valence electrons. The van der Waals surface area contributed by atoms with Crippen molar-refractivity contribution in [1.29, 1.82) is 0 Å². The number of amides is 1. The average molecular weight is 252 g/mol. The number of hydrogen-bond donors (Lipinski definition) is 2. The fourth-order valence-electron chi connectivity index (χ4n) is 3.69. The normalized spacial score (nSPS) is 30.7. The Morgan fingerprint density at radius 1 is 1.33 bits per heavy atom. The Morgan fingerprint density at radius 2 is 2.11 bits per heavy atom. The molecule has 3 N–H and O–H groups in total. The van der Waals surface area contributed by atoms with Gasteiger partial charge in [0.25, 0.3) is 0 Å². The van der Waals surface area contributed by atoms with Crippen LogP contribution in [0.5, 0.6) is 0 Å². The minimum atomic E-state index is 0.173.